The van der Waals surface area contributed by atoms with Gasteiger partial charge in [0.2, 0.25) is 0 Å². The lowest BCUT2D eigenvalue weighted by molar-refractivity contribution is -0.142. The van der Waals surface area contributed by atoms with Gasteiger partial charge < -0.3 is 15.3 Å². The van der Waals surface area contributed by atoms with E-state index in [9.17, 15) is 14.7 Å². The third-order valence-corrected chi connectivity index (χ3v) is 4.40. The van der Waals surface area contributed by atoms with Crippen molar-refractivity contribution < 1.29 is 14.7 Å². The Bertz CT molecular complexity index is 549. The van der Waals surface area contributed by atoms with E-state index >= 15 is 0 Å². The minimum Gasteiger partial charge on any atom is -0.480 e. The molecular formula is C15H19BrN2O3. The van der Waals surface area contributed by atoms with E-state index in [-0.39, 0.29) is 18.0 Å². The van der Waals surface area contributed by atoms with Gasteiger partial charge in [-0.15, -0.1) is 0 Å². The number of carboxylic acids is 1. The van der Waals surface area contributed by atoms with E-state index in [0.29, 0.717) is 6.54 Å². The summed E-state index contributed by atoms with van der Waals surface area (Å²) < 4.78 is 0.944. The number of carbonyl (C=O) groups is 2. The Balaban J connectivity index is 2.06. The minimum atomic E-state index is -0.940. The van der Waals surface area contributed by atoms with Crippen molar-refractivity contribution in [3.05, 3.63) is 34.3 Å². The fraction of sp³-hybridized carbons (Fsp3) is 0.467. The third kappa shape index (κ3) is 3.56. The first-order valence-electron chi connectivity index (χ1n) is 6.95. The first kappa shape index (κ1) is 15.8. The predicted molar refractivity (Wildman–Crippen MR) is 83.0 cm³/mol. The van der Waals surface area contributed by atoms with Crippen molar-refractivity contribution in [2.24, 2.45) is 5.92 Å². The topological polar surface area (TPSA) is 69.6 Å². The number of halogens is 1. The van der Waals surface area contributed by atoms with Crippen molar-refractivity contribution in [3.63, 3.8) is 0 Å². The average molecular weight is 355 g/mol. The molecule has 1 aliphatic rings. The van der Waals surface area contributed by atoms with Crippen LogP contribution >= 0.6 is 15.9 Å². The SMILES string of the molecule is CC(NC(=O)N1CCC(C)C1C(=O)O)c1cccc(Br)c1. The Morgan fingerprint density at radius 3 is 2.81 bits per heavy atom. The van der Waals surface area contributed by atoms with Gasteiger partial charge in [0.15, 0.2) is 0 Å². The molecule has 0 spiro atoms. The molecule has 1 fully saturated rings. The molecule has 0 aromatic heterocycles. The molecule has 6 heteroatoms. The number of benzene rings is 1. The smallest absolute Gasteiger partial charge is 0.326 e. The van der Waals surface area contributed by atoms with Crippen molar-refractivity contribution >= 4 is 27.9 Å². The quantitative estimate of drug-likeness (QED) is 0.876. The fourth-order valence-corrected chi connectivity index (χ4v) is 3.10. The van der Waals surface area contributed by atoms with Gasteiger partial charge in [0.05, 0.1) is 6.04 Å². The minimum absolute atomic E-state index is 0.0191. The second kappa shape index (κ2) is 6.47. The van der Waals surface area contributed by atoms with Gasteiger partial charge in [-0.25, -0.2) is 9.59 Å². The van der Waals surface area contributed by atoms with E-state index in [1.165, 1.54) is 4.90 Å². The number of aliphatic carboxylic acids is 1. The number of carbonyl (C=O) groups excluding carboxylic acids is 1. The van der Waals surface area contributed by atoms with Crippen LogP contribution in [-0.4, -0.2) is 34.6 Å². The molecule has 1 heterocycles. The Hall–Kier alpha value is -1.56. The Kier molecular flexibility index (Phi) is 4.88. The number of carboxylic acid groups (broad SMARTS) is 1. The molecule has 2 amide bonds. The van der Waals surface area contributed by atoms with E-state index in [4.69, 9.17) is 0 Å². The summed E-state index contributed by atoms with van der Waals surface area (Å²) in [5.74, 6) is -0.959. The monoisotopic (exact) mass is 354 g/mol. The summed E-state index contributed by atoms with van der Waals surface area (Å²) in [5.41, 5.74) is 0.969. The molecule has 21 heavy (non-hydrogen) atoms. The second-order valence-electron chi connectivity index (χ2n) is 5.47. The Morgan fingerprint density at radius 1 is 1.48 bits per heavy atom. The first-order chi connectivity index (χ1) is 9.90. The van der Waals surface area contributed by atoms with Crippen LogP contribution in [0, 0.1) is 5.92 Å². The first-order valence-corrected chi connectivity index (χ1v) is 7.75. The normalized spacial score (nSPS) is 22.9. The van der Waals surface area contributed by atoms with E-state index in [1.807, 2.05) is 38.1 Å². The number of likely N-dealkylation sites (tertiary alicyclic amines) is 1. The number of amides is 2. The lowest BCUT2D eigenvalue weighted by Gasteiger charge is -2.26. The summed E-state index contributed by atoms with van der Waals surface area (Å²) in [6.45, 7) is 4.23. The van der Waals surface area contributed by atoms with Crippen molar-refractivity contribution in [2.75, 3.05) is 6.54 Å². The van der Waals surface area contributed by atoms with Gasteiger partial charge in [-0.1, -0.05) is 35.0 Å². The van der Waals surface area contributed by atoms with Crippen molar-refractivity contribution in [1.29, 1.82) is 0 Å². The highest BCUT2D eigenvalue weighted by Crippen LogP contribution is 2.25. The molecule has 0 radical (unpaired) electrons. The van der Waals surface area contributed by atoms with Crippen LogP contribution in [0.2, 0.25) is 0 Å². The summed E-state index contributed by atoms with van der Waals surface area (Å²) in [7, 11) is 0. The Labute approximate surface area is 132 Å². The summed E-state index contributed by atoms with van der Waals surface area (Å²) >= 11 is 3.40. The van der Waals surface area contributed by atoms with Crippen LogP contribution in [0.25, 0.3) is 0 Å². The molecular weight excluding hydrogens is 336 g/mol. The van der Waals surface area contributed by atoms with Gasteiger partial charge in [-0.05, 0) is 37.0 Å². The maximum absolute atomic E-state index is 12.3. The zero-order valence-electron chi connectivity index (χ0n) is 12.0. The lowest BCUT2D eigenvalue weighted by Crippen LogP contribution is -2.48. The molecule has 1 aromatic carbocycles. The standard InChI is InChI=1S/C15H19BrN2O3/c1-9-6-7-18(13(9)14(19)20)15(21)17-10(2)11-4-3-5-12(16)8-11/h3-5,8-10,13H,6-7H2,1-2H3,(H,17,21)(H,19,20). The van der Waals surface area contributed by atoms with Crippen LogP contribution in [0.1, 0.15) is 31.9 Å². The molecule has 1 aromatic rings. The van der Waals surface area contributed by atoms with Crippen molar-refractivity contribution in [3.8, 4) is 0 Å². The van der Waals surface area contributed by atoms with Crippen LogP contribution in [0.4, 0.5) is 4.79 Å². The van der Waals surface area contributed by atoms with Crippen LogP contribution in [0.15, 0.2) is 28.7 Å². The molecule has 0 saturated carbocycles. The maximum atomic E-state index is 12.3. The summed E-state index contributed by atoms with van der Waals surface area (Å²) in [4.78, 5) is 25.0. The molecule has 3 atom stereocenters. The molecule has 1 aliphatic heterocycles. The van der Waals surface area contributed by atoms with Crippen LogP contribution < -0.4 is 5.32 Å². The zero-order valence-corrected chi connectivity index (χ0v) is 13.6. The summed E-state index contributed by atoms with van der Waals surface area (Å²) in [6, 6.07) is 6.45. The van der Waals surface area contributed by atoms with Gasteiger partial charge in [-0.2, -0.15) is 0 Å². The number of hydrogen-bond donors (Lipinski definition) is 2. The molecule has 2 N–H and O–H groups in total. The fourth-order valence-electron chi connectivity index (χ4n) is 2.68. The highest BCUT2D eigenvalue weighted by atomic mass is 79.9. The molecule has 5 nitrogen and oxygen atoms in total. The van der Waals surface area contributed by atoms with E-state index in [0.717, 1.165) is 16.5 Å². The average Bonchev–Trinajstić information content (AvgIpc) is 2.80. The van der Waals surface area contributed by atoms with Gasteiger partial charge in [0.1, 0.15) is 6.04 Å². The van der Waals surface area contributed by atoms with Crippen LogP contribution in [-0.2, 0) is 4.79 Å². The van der Waals surface area contributed by atoms with Gasteiger partial charge in [-0.3, -0.25) is 0 Å². The summed E-state index contributed by atoms with van der Waals surface area (Å²) in [6.07, 6.45) is 0.718. The third-order valence-electron chi connectivity index (χ3n) is 3.90. The second-order valence-corrected chi connectivity index (χ2v) is 6.38. The van der Waals surface area contributed by atoms with Crippen LogP contribution in [0.5, 0.6) is 0 Å². The van der Waals surface area contributed by atoms with Crippen LogP contribution in [0.3, 0.4) is 0 Å². The van der Waals surface area contributed by atoms with Crippen molar-refractivity contribution in [2.45, 2.75) is 32.4 Å². The zero-order chi connectivity index (χ0) is 15.6. The molecule has 1 saturated heterocycles. The van der Waals surface area contributed by atoms with E-state index in [1.54, 1.807) is 0 Å². The number of rotatable bonds is 3. The van der Waals surface area contributed by atoms with Gasteiger partial charge >= 0.3 is 12.0 Å². The number of urea groups is 1. The Morgan fingerprint density at radius 2 is 2.19 bits per heavy atom. The number of nitrogens with one attached hydrogen (secondary N) is 1. The molecule has 0 aliphatic carbocycles. The van der Waals surface area contributed by atoms with Gasteiger partial charge in [0, 0.05) is 11.0 Å². The highest BCUT2D eigenvalue weighted by molar-refractivity contribution is 9.10. The predicted octanol–water partition coefficient (Wildman–Crippen LogP) is 3.01. The molecule has 3 unspecified atom stereocenters. The number of nitrogens with zero attached hydrogens (tertiary/aromatic N) is 1. The molecule has 114 valence electrons. The highest BCUT2D eigenvalue weighted by Gasteiger charge is 2.39. The van der Waals surface area contributed by atoms with E-state index < -0.39 is 12.0 Å². The number of hydrogen-bond acceptors (Lipinski definition) is 2. The van der Waals surface area contributed by atoms with Gasteiger partial charge in [0.25, 0.3) is 0 Å². The lowest BCUT2D eigenvalue weighted by atomic mass is 10.0. The largest absolute Gasteiger partial charge is 0.480 e. The van der Waals surface area contributed by atoms with E-state index in [2.05, 4.69) is 21.2 Å². The molecule has 0 bridgehead atoms. The van der Waals surface area contributed by atoms with Crippen molar-refractivity contribution in [1.82, 2.24) is 10.2 Å². The summed E-state index contributed by atoms with van der Waals surface area (Å²) in [5, 5.41) is 12.1. The maximum Gasteiger partial charge on any atom is 0.326 e. The molecule has 2 rings (SSSR count).